The van der Waals surface area contributed by atoms with Crippen molar-refractivity contribution < 1.29 is 29.0 Å². The summed E-state index contributed by atoms with van der Waals surface area (Å²) in [5, 5.41) is 8.16. The van der Waals surface area contributed by atoms with Crippen molar-refractivity contribution in [1.82, 2.24) is 0 Å². The molecule has 2 aromatic carbocycles. The highest BCUT2D eigenvalue weighted by Crippen LogP contribution is 2.20. The number of hydrogen-bond donors (Lipinski definition) is 1. The zero-order chi connectivity index (χ0) is 20.4. The lowest BCUT2D eigenvalue weighted by molar-refractivity contribution is -0.145. The van der Waals surface area contributed by atoms with Gasteiger partial charge in [-0.15, -0.1) is 11.8 Å². The molecule has 6 nitrogen and oxygen atoms in total. The SMILES string of the molecule is COC(=O)CC(SCCC(=O)OCc1ccc(-c2ccccc2)cc1)C(=O)O. The molecule has 0 heterocycles. The van der Waals surface area contributed by atoms with Crippen LogP contribution >= 0.6 is 11.8 Å². The van der Waals surface area contributed by atoms with Gasteiger partial charge in [0, 0.05) is 5.75 Å². The van der Waals surface area contributed by atoms with Crippen LogP contribution in [-0.2, 0) is 30.5 Å². The van der Waals surface area contributed by atoms with Gasteiger partial charge in [-0.1, -0.05) is 54.6 Å². The number of carbonyl (C=O) groups excluding carboxylic acids is 2. The smallest absolute Gasteiger partial charge is 0.317 e. The number of aliphatic carboxylic acids is 1. The van der Waals surface area contributed by atoms with E-state index in [1.807, 2.05) is 54.6 Å². The lowest BCUT2D eigenvalue weighted by Gasteiger charge is -2.10. The van der Waals surface area contributed by atoms with E-state index in [1.165, 1.54) is 7.11 Å². The largest absolute Gasteiger partial charge is 0.480 e. The van der Waals surface area contributed by atoms with E-state index in [9.17, 15) is 14.4 Å². The number of ether oxygens (including phenoxy) is 2. The van der Waals surface area contributed by atoms with E-state index in [4.69, 9.17) is 9.84 Å². The maximum absolute atomic E-state index is 11.9. The Morgan fingerprint density at radius 1 is 0.964 bits per heavy atom. The molecule has 0 amide bonds. The number of carboxylic acids is 1. The van der Waals surface area contributed by atoms with Crippen LogP contribution < -0.4 is 0 Å². The molecule has 0 aromatic heterocycles. The molecule has 0 saturated heterocycles. The van der Waals surface area contributed by atoms with Crippen molar-refractivity contribution in [3.8, 4) is 11.1 Å². The summed E-state index contributed by atoms with van der Waals surface area (Å²) in [6.07, 6.45) is -0.170. The van der Waals surface area contributed by atoms with Gasteiger partial charge in [-0.3, -0.25) is 14.4 Å². The summed E-state index contributed by atoms with van der Waals surface area (Å²) in [5.74, 6) is -1.87. The van der Waals surface area contributed by atoms with Gasteiger partial charge in [-0.05, 0) is 16.7 Å². The second kappa shape index (κ2) is 11.1. The summed E-state index contributed by atoms with van der Waals surface area (Å²) in [6, 6.07) is 17.7. The van der Waals surface area contributed by atoms with Gasteiger partial charge in [0.05, 0.1) is 20.0 Å². The molecule has 148 valence electrons. The van der Waals surface area contributed by atoms with E-state index in [1.54, 1.807) is 0 Å². The Bertz CT molecular complexity index is 788. The minimum Gasteiger partial charge on any atom is -0.480 e. The van der Waals surface area contributed by atoms with Crippen LogP contribution in [0.3, 0.4) is 0 Å². The molecule has 0 radical (unpaired) electrons. The molecule has 28 heavy (non-hydrogen) atoms. The molecule has 1 unspecified atom stereocenters. The zero-order valence-electron chi connectivity index (χ0n) is 15.5. The van der Waals surface area contributed by atoms with Crippen LogP contribution in [0.5, 0.6) is 0 Å². The lowest BCUT2D eigenvalue weighted by atomic mass is 10.0. The predicted molar refractivity (Wildman–Crippen MR) is 107 cm³/mol. The molecule has 0 spiro atoms. The molecule has 2 rings (SSSR count). The van der Waals surface area contributed by atoms with Gasteiger partial charge in [0.25, 0.3) is 0 Å². The molecule has 7 heteroatoms. The number of hydrogen-bond acceptors (Lipinski definition) is 6. The fourth-order valence-electron chi connectivity index (χ4n) is 2.40. The number of carbonyl (C=O) groups is 3. The number of methoxy groups -OCH3 is 1. The van der Waals surface area contributed by atoms with Crippen molar-refractivity contribution in [1.29, 1.82) is 0 Å². The summed E-state index contributed by atoms with van der Waals surface area (Å²) in [7, 11) is 1.20. The maximum atomic E-state index is 11.9. The van der Waals surface area contributed by atoms with Crippen LogP contribution in [0.2, 0.25) is 0 Å². The average molecular weight is 402 g/mol. The van der Waals surface area contributed by atoms with Crippen LogP contribution in [0.4, 0.5) is 0 Å². The quantitative estimate of drug-likeness (QED) is 0.608. The Hall–Kier alpha value is -2.80. The molecule has 0 saturated carbocycles. The first-order chi connectivity index (χ1) is 13.5. The van der Waals surface area contributed by atoms with Gasteiger partial charge < -0.3 is 14.6 Å². The van der Waals surface area contributed by atoms with Gasteiger partial charge in [0.2, 0.25) is 0 Å². The van der Waals surface area contributed by atoms with E-state index in [2.05, 4.69) is 4.74 Å². The van der Waals surface area contributed by atoms with Gasteiger partial charge in [-0.2, -0.15) is 0 Å². The van der Waals surface area contributed by atoms with E-state index < -0.39 is 23.2 Å². The Balaban J connectivity index is 1.74. The van der Waals surface area contributed by atoms with Crippen molar-refractivity contribution in [2.75, 3.05) is 12.9 Å². The summed E-state index contributed by atoms with van der Waals surface area (Å²) in [6.45, 7) is 0.156. The van der Waals surface area contributed by atoms with Gasteiger partial charge >= 0.3 is 17.9 Å². The molecular weight excluding hydrogens is 380 g/mol. The molecular formula is C21H22O6S. The minimum atomic E-state index is -1.11. The van der Waals surface area contributed by atoms with Crippen molar-refractivity contribution in [3.63, 3.8) is 0 Å². The number of carboxylic acid groups (broad SMARTS) is 1. The predicted octanol–water partition coefficient (Wildman–Crippen LogP) is 3.54. The summed E-state index contributed by atoms with van der Waals surface area (Å²) < 4.78 is 9.70. The number of thioether (sulfide) groups is 1. The van der Waals surface area contributed by atoms with Crippen molar-refractivity contribution in [2.45, 2.75) is 24.7 Å². The third-order valence-electron chi connectivity index (χ3n) is 3.94. The van der Waals surface area contributed by atoms with Gasteiger partial charge in [-0.25, -0.2) is 0 Å². The van der Waals surface area contributed by atoms with Crippen molar-refractivity contribution in [3.05, 3.63) is 60.2 Å². The Labute approximate surface area is 167 Å². The average Bonchev–Trinajstić information content (AvgIpc) is 2.72. The fourth-order valence-corrected chi connectivity index (χ4v) is 3.36. The van der Waals surface area contributed by atoms with Crippen LogP contribution in [-0.4, -0.2) is 41.1 Å². The highest BCUT2D eigenvalue weighted by molar-refractivity contribution is 8.00. The second-order valence-electron chi connectivity index (χ2n) is 5.95. The highest BCUT2D eigenvalue weighted by atomic mass is 32.2. The zero-order valence-corrected chi connectivity index (χ0v) is 16.3. The maximum Gasteiger partial charge on any atom is 0.317 e. The molecule has 0 fully saturated rings. The molecule has 0 aliphatic rings. The highest BCUT2D eigenvalue weighted by Gasteiger charge is 2.22. The van der Waals surface area contributed by atoms with Crippen LogP contribution in [0.25, 0.3) is 11.1 Å². The van der Waals surface area contributed by atoms with E-state index in [0.29, 0.717) is 0 Å². The Morgan fingerprint density at radius 3 is 2.21 bits per heavy atom. The van der Waals surface area contributed by atoms with Crippen LogP contribution in [0.1, 0.15) is 18.4 Å². The van der Waals surface area contributed by atoms with Crippen molar-refractivity contribution in [2.24, 2.45) is 0 Å². The van der Waals surface area contributed by atoms with E-state index >= 15 is 0 Å². The fraction of sp³-hybridized carbons (Fsp3) is 0.286. The third-order valence-corrected chi connectivity index (χ3v) is 5.15. The second-order valence-corrected chi connectivity index (χ2v) is 7.26. The molecule has 0 aliphatic heterocycles. The molecule has 0 bridgehead atoms. The third kappa shape index (κ3) is 7.08. The number of benzene rings is 2. The monoisotopic (exact) mass is 402 g/mol. The first kappa shape index (κ1) is 21.5. The first-order valence-electron chi connectivity index (χ1n) is 8.71. The van der Waals surface area contributed by atoms with Crippen LogP contribution in [0, 0.1) is 0 Å². The normalized spacial score (nSPS) is 11.5. The molecule has 1 atom stereocenters. The standard InChI is InChI=1S/C21H22O6S/c1-26-20(23)13-18(21(24)25)28-12-11-19(22)27-14-15-7-9-17(10-8-15)16-5-3-2-4-6-16/h2-10,18H,11-14H2,1H3,(H,24,25). The molecule has 2 aromatic rings. The van der Waals surface area contributed by atoms with E-state index in [0.717, 1.165) is 28.5 Å². The number of rotatable bonds is 10. The lowest BCUT2D eigenvalue weighted by Crippen LogP contribution is -2.22. The summed E-state index contributed by atoms with van der Waals surface area (Å²) >= 11 is 1.02. The topological polar surface area (TPSA) is 89.9 Å². The van der Waals surface area contributed by atoms with Gasteiger partial charge in [0.1, 0.15) is 11.9 Å². The first-order valence-corrected chi connectivity index (χ1v) is 9.75. The molecule has 1 N–H and O–H groups in total. The van der Waals surface area contributed by atoms with Crippen molar-refractivity contribution >= 4 is 29.7 Å². The van der Waals surface area contributed by atoms with Gasteiger partial charge in [0.15, 0.2) is 0 Å². The minimum absolute atomic E-state index is 0.0672. The number of esters is 2. The summed E-state index contributed by atoms with van der Waals surface area (Å²) in [4.78, 5) is 34.2. The summed E-state index contributed by atoms with van der Waals surface area (Å²) in [5.41, 5.74) is 3.06. The Kier molecular flexibility index (Phi) is 8.55. The van der Waals surface area contributed by atoms with Crippen LogP contribution in [0.15, 0.2) is 54.6 Å². The Morgan fingerprint density at radius 2 is 1.61 bits per heavy atom. The van der Waals surface area contributed by atoms with E-state index in [-0.39, 0.29) is 25.2 Å². The molecule has 0 aliphatic carbocycles.